The van der Waals surface area contributed by atoms with Crippen LogP contribution in [-0.4, -0.2) is 38.1 Å². The molecule has 0 fully saturated rings. The third-order valence-electron chi connectivity index (χ3n) is 4.21. The first-order chi connectivity index (χ1) is 12.6. The van der Waals surface area contributed by atoms with Gasteiger partial charge in [-0.1, -0.05) is 18.2 Å². The van der Waals surface area contributed by atoms with Crippen molar-refractivity contribution >= 4 is 27.2 Å². The van der Waals surface area contributed by atoms with E-state index in [1.54, 1.807) is 0 Å². The topological polar surface area (TPSA) is 70.2 Å². The number of nitrogens with zero attached hydrogens (tertiary/aromatic N) is 1. The standard InChI is InChI=1S/C18H15F3N2O3S/c1-23(2)27(25,26)11-7-8-16-13(9-11)14(10-24)17(22-16)12-5-3-4-6-15(12)18(19,20)21/h3-10,22H,1-2H3. The minimum Gasteiger partial charge on any atom is -0.354 e. The second-order valence-corrected chi connectivity index (χ2v) is 8.22. The summed E-state index contributed by atoms with van der Waals surface area (Å²) in [5.41, 5.74) is -0.743. The third-order valence-corrected chi connectivity index (χ3v) is 6.02. The summed E-state index contributed by atoms with van der Waals surface area (Å²) in [5.74, 6) is 0. The molecular weight excluding hydrogens is 381 g/mol. The van der Waals surface area contributed by atoms with Gasteiger partial charge in [-0.05, 0) is 24.3 Å². The first-order valence-electron chi connectivity index (χ1n) is 7.77. The van der Waals surface area contributed by atoms with Crippen LogP contribution in [0, 0.1) is 0 Å². The van der Waals surface area contributed by atoms with Crippen LogP contribution in [0.15, 0.2) is 47.4 Å². The molecule has 0 saturated heterocycles. The Hall–Kier alpha value is -2.65. The molecule has 2 aromatic carbocycles. The SMILES string of the molecule is CN(C)S(=O)(=O)c1ccc2[nH]c(-c3ccccc3C(F)(F)F)c(C=O)c2c1. The van der Waals surface area contributed by atoms with Crippen LogP contribution in [0.25, 0.3) is 22.2 Å². The number of aromatic nitrogens is 1. The van der Waals surface area contributed by atoms with Gasteiger partial charge in [0, 0.05) is 36.1 Å². The van der Waals surface area contributed by atoms with Crippen LogP contribution in [-0.2, 0) is 16.2 Å². The second kappa shape index (κ2) is 6.50. The number of sulfonamides is 1. The van der Waals surface area contributed by atoms with E-state index in [0.717, 1.165) is 10.4 Å². The summed E-state index contributed by atoms with van der Waals surface area (Å²) >= 11 is 0. The van der Waals surface area contributed by atoms with Gasteiger partial charge < -0.3 is 4.98 Å². The number of benzene rings is 2. The molecule has 0 aliphatic rings. The van der Waals surface area contributed by atoms with E-state index in [1.807, 2.05) is 0 Å². The summed E-state index contributed by atoms with van der Waals surface area (Å²) in [6, 6.07) is 8.94. The minimum absolute atomic E-state index is 0.00711. The molecule has 142 valence electrons. The predicted octanol–water partition coefficient (Wildman–Crippen LogP) is 3.92. The van der Waals surface area contributed by atoms with Crippen molar-refractivity contribution in [2.75, 3.05) is 14.1 Å². The third kappa shape index (κ3) is 3.24. The molecule has 3 aromatic rings. The van der Waals surface area contributed by atoms with Gasteiger partial charge in [-0.3, -0.25) is 4.79 Å². The normalized spacial score (nSPS) is 12.7. The zero-order valence-electron chi connectivity index (χ0n) is 14.3. The van der Waals surface area contributed by atoms with Crippen molar-refractivity contribution in [1.29, 1.82) is 0 Å². The van der Waals surface area contributed by atoms with Crippen molar-refractivity contribution in [1.82, 2.24) is 9.29 Å². The fourth-order valence-corrected chi connectivity index (χ4v) is 3.77. The highest BCUT2D eigenvalue weighted by atomic mass is 32.2. The molecule has 0 bridgehead atoms. The summed E-state index contributed by atoms with van der Waals surface area (Å²) in [4.78, 5) is 14.4. The zero-order chi connectivity index (χ0) is 20.0. The van der Waals surface area contributed by atoms with Gasteiger partial charge in [0.2, 0.25) is 10.0 Å². The lowest BCUT2D eigenvalue weighted by molar-refractivity contribution is -0.137. The van der Waals surface area contributed by atoms with E-state index in [2.05, 4.69) is 4.98 Å². The molecule has 0 radical (unpaired) electrons. The Bertz CT molecular complexity index is 1130. The molecule has 0 unspecified atom stereocenters. The van der Waals surface area contributed by atoms with Crippen LogP contribution < -0.4 is 0 Å². The first kappa shape index (κ1) is 19.1. The maximum Gasteiger partial charge on any atom is 0.417 e. The molecule has 0 atom stereocenters. The van der Waals surface area contributed by atoms with Crippen molar-refractivity contribution in [3.05, 3.63) is 53.6 Å². The lowest BCUT2D eigenvalue weighted by Crippen LogP contribution is -2.22. The molecular formula is C18H15F3N2O3S. The van der Waals surface area contributed by atoms with Gasteiger partial charge in [0.15, 0.2) is 6.29 Å². The molecule has 27 heavy (non-hydrogen) atoms. The van der Waals surface area contributed by atoms with E-state index >= 15 is 0 Å². The number of hydrogen-bond donors (Lipinski definition) is 1. The second-order valence-electron chi connectivity index (χ2n) is 6.07. The van der Waals surface area contributed by atoms with Gasteiger partial charge >= 0.3 is 6.18 Å². The minimum atomic E-state index is -4.60. The number of carbonyl (C=O) groups excluding carboxylic acids is 1. The fraction of sp³-hybridized carbons (Fsp3) is 0.167. The van der Waals surface area contributed by atoms with Crippen LogP contribution in [0.2, 0.25) is 0 Å². The van der Waals surface area contributed by atoms with E-state index in [4.69, 9.17) is 0 Å². The van der Waals surface area contributed by atoms with Gasteiger partial charge in [-0.25, -0.2) is 12.7 Å². The maximum atomic E-state index is 13.3. The molecule has 1 N–H and O–H groups in total. The van der Waals surface area contributed by atoms with Crippen LogP contribution in [0.5, 0.6) is 0 Å². The average Bonchev–Trinajstić information content (AvgIpc) is 2.98. The molecule has 1 heterocycles. The summed E-state index contributed by atoms with van der Waals surface area (Å²) in [6.45, 7) is 0. The van der Waals surface area contributed by atoms with Crippen molar-refractivity contribution < 1.29 is 26.4 Å². The first-order valence-corrected chi connectivity index (χ1v) is 9.21. The number of fused-ring (bicyclic) bond motifs is 1. The van der Waals surface area contributed by atoms with Gasteiger partial charge in [0.1, 0.15) is 0 Å². The quantitative estimate of drug-likeness (QED) is 0.680. The smallest absolute Gasteiger partial charge is 0.354 e. The largest absolute Gasteiger partial charge is 0.417 e. The maximum absolute atomic E-state index is 13.3. The van der Waals surface area contributed by atoms with E-state index < -0.39 is 21.8 Å². The number of halogens is 3. The summed E-state index contributed by atoms with van der Waals surface area (Å²) in [5, 5.41) is 0.236. The highest BCUT2D eigenvalue weighted by Crippen LogP contribution is 2.39. The lowest BCUT2D eigenvalue weighted by Gasteiger charge is -2.12. The van der Waals surface area contributed by atoms with E-state index in [0.29, 0.717) is 11.8 Å². The highest BCUT2D eigenvalue weighted by molar-refractivity contribution is 7.89. The Labute approximate surface area is 153 Å². The summed E-state index contributed by atoms with van der Waals surface area (Å²) in [7, 11) is -1.03. The number of nitrogens with one attached hydrogen (secondary N) is 1. The average molecular weight is 396 g/mol. The van der Waals surface area contributed by atoms with Gasteiger partial charge in [0.25, 0.3) is 0 Å². The van der Waals surface area contributed by atoms with Crippen LogP contribution in [0.3, 0.4) is 0 Å². The number of hydrogen-bond acceptors (Lipinski definition) is 3. The molecule has 3 rings (SSSR count). The van der Waals surface area contributed by atoms with Crippen molar-refractivity contribution in [3.8, 4) is 11.3 Å². The molecule has 0 aliphatic carbocycles. The van der Waals surface area contributed by atoms with Crippen molar-refractivity contribution in [3.63, 3.8) is 0 Å². The Morgan fingerprint density at radius 2 is 1.74 bits per heavy atom. The number of alkyl halides is 3. The molecule has 0 spiro atoms. The summed E-state index contributed by atoms with van der Waals surface area (Å²) < 4.78 is 65.7. The van der Waals surface area contributed by atoms with Gasteiger partial charge in [0.05, 0.1) is 16.2 Å². The number of H-pyrrole nitrogens is 1. The van der Waals surface area contributed by atoms with Gasteiger partial charge in [-0.15, -0.1) is 0 Å². The predicted molar refractivity (Wildman–Crippen MR) is 95.0 cm³/mol. The number of carbonyl (C=O) groups is 1. The molecule has 9 heteroatoms. The monoisotopic (exact) mass is 396 g/mol. The Balaban J connectivity index is 2.31. The lowest BCUT2D eigenvalue weighted by atomic mass is 10.0. The molecule has 5 nitrogen and oxygen atoms in total. The number of aromatic amines is 1. The van der Waals surface area contributed by atoms with E-state index in [-0.39, 0.29) is 27.1 Å². The molecule has 0 aliphatic heterocycles. The van der Waals surface area contributed by atoms with E-state index in [1.165, 1.54) is 50.5 Å². The van der Waals surface area contributed by atoms with Crippen LogP contribution in [0.1, 0.15) is 15.9 Å². The van der Waals surface area contributed by atoms with Gasteiger partial charge in [-0.2, -0.15) is 13.2 Å². The Kier molecular flexibility index (Phi) is 4.61. The van der Waals surface area contributed by atoms with E-state index in [9.17, 15) is 26.4 Å². The fourth-order valence-electron chi connectivity index (χ4n) is 2.85. The Morgan fingerprint density at radius 3 is 2.33 bits per heavy atom. The zero-order valence-corrected chi connectivity index (χ0v) is 15.1. The highest BCUT2D eigenvalue weighted by Gasteiger charge is 2.34. The Morgan fingerprint density at radius 1 is 1.07 bits per heavy atom. The van der Waals surface area contributed by atoms with Crippen molar-refractivity contribution in [2.45, 2.75) is 11.1 Å². The van der Waals surface area contributed by atoms with Crippen LogP contribution in [0.4, 0.5) is 13.2 Å². The molecule has 0 saturated carbocycles. The van der Waals surface area contributed by atoms with Crippen LogP contribution >= 0.6 is 0 Å². The molecule has 1 aromatic heterocycles. The number of rotatable bonds is 4. The number of aldehydes is 1. The molecule has 0 amide bonds. The summed E-state index contributed by atoms with van der Waals surface area (Å²) in [6.07, 6.45) is -4.18. The van der Waals surface area contributed by atoms with Crippen molar-refractivity contribution in [2.24, 2.45) is 0 Å².